The summed E-state index contributed by atoms with van der Waals surface area (Å²) in [6, 6.07) is 1.14. The Morgan fingerprint density at radius 2 is 1.87 bits per heavy atom. The lowest BCUT2D eigenvalue weighted by Gasteiger charge is -2.08. The van der Waals surface area contributed by atoms with Gasteiger partial charge >= 0.3 is 9.28 Å². The number of hydrogen-bond acceptors (Lipinski definition) is 2. The average Bonchev–Trinajstić information content (AvgIpc) is 2.20. The van der Waals surface area contributed by atoms with Gasteiger partial charge in [0, 0.05) is 23.7 Å². The summed E-state index contributed by atoms with van der Waals surface area (Å²) in [5, 5.41) is 0. The topological polar surface area (TPSA) is 18.5 Å². The summed E-state index contributed by atoms with van der Waals surface area (Å²) in [5.41, 5.74) is 3.01. The van der Waals surface area contributed by atoms with Gasteiger partial charge in [-0.15, -0.1) is 12.3 Å². The van der Waals surface area contributed by atoms with Crippen LogP contribution in [-0.2, 0) is 8.85 Å². The highest BCUT2D eigenvalue weighted by molar-refractivity contribution is 6.44. The van der Waals surface area contributed by atoms with Gasteiger partial charge in [0.15, 0.2) is 0 Å². The van der Waals surface area contributed by atoms with Gasteiger partial charge in [0.2, 0.25) is 0 Å². The molecule has 0 radical (unpaired) electrons. The summed E-state index contributed by atoms with van der Waals surface area (Å²) < 4.78 is 10.2. The fourth-order valence-corrected chi connectivity index (χ4v) is 3.11. The monoisotopic (exact) mass is 248 g/mol. The molecule has 0 bridgehead atoms. The van der Waals surface area contributed by atoms with Crippen LogP contribution in [0.5, 0.6) is 0 Å². The van der Waals surface area contributed by atoms with Crippen LogP contribution in [0.15, 0.2) is 12.3 Å². The van der Waals surface area contributed by atoms with Crippen molar-refractivity contribution >= 4 is 18.8 Å². The van der Waals surface area contributed by atoms with Crippen molar-refractivity contribution < 1.29 is 8.85 Å². The van der Waals surface area contributed by atoms with E-state index in [9.17, 15) is 0 Å². The Balaban J connectivity index is 0. The molecule has 0 unspecified atom stereocenters. The van der Waals surface area contributed by atoms with E-state index in [2.05, 4.69) is 33.0 Å². The van der Waals surface area contributed by atoms with E-state index in [1.807, 2.05) is 0 Å². The Kier molecular flexibility index (Phi) is 16.4. The molecule has 0 aromatic heterocycles. The van der Waals surface area contributed by atoms with E-state index in [1.54, 1.807) is 14.2 Å². The molecule has 0 amide bonds. The van der Waals surface area contributed by atoms with Crippen LogP contribution in [0.3, 0.4) is 0 Å². The molecule has 0 saturated carbocycles. The van der Waals surface area contributed by atoms with E-state index in [0.29, 0.717) is 0 Å². The zero-order valence-electron chi connectivity index (χ0n) is 11.1. The Morgan fingerprint density at radius 1 is 1.33 bits per heavy atom. The lowest BCUT2D eigenvalue weighted by atomic mass is 10.4. The summed E-state index contributed by atoms with van der Waals surface area (Å²) in [5.74, 6) is 0. The van der Waals surface area contributed by atoms with Crippen LogP contribution >= 0.6 is 0 Å². The van der Waals surface area contributed by atoms with Gasteiger partial charge in [-0.2, -0.15) is 0 Å². The van der Waals surface area contributed by atoms with Crippen molar-refractivity contribution in [3.8, 4) is 0 Å². The minimum absolute atomic E-state index is 0.120. The molecule has 0 N–H and O–H groups in total. The minimum Gasteiger partial charge on any atom is -0.400 e. The molecule has 0 saturated heterocycles. The molecule has 0 aromatic carbocycles. The maximum Gasteiger partial charge on any atom is 0.320 e. The molecule has 0 aromatic rings. The SMILES string of the molecule is C=C[SiH2]C(C)C.CCCC[SiH](OC)OC. The van der Waals surface area contributed by atoms with Crippen LogP contribution in [0.25, 0.3) is 0 Å². The number of rotatable bonds is 7. The minimum atomic E-state index is -1.21. The van der Waals surface area contributed by atoms with Crippen molar-refractivity contribution in [2.75, 3.05) is 14.2 Å². The zero-order chi connectivity index (χ0) is 12.1. The Labute approximate surface area is 99.7 Å². The zero-order valence-corrected chi connectivity index (χ0v) is 13.7. The summed E-state index contributed by atoms with van der Waals surface area (Å²) in [6.07, 6.45) is 2.47. The quantitative estimate of drug-likeness (QED) is 0.644. The van der Waals surface area contributed by atoms with Crippen molar-refractivity contribution in [1.29, 1.82) is 0 Å². The molecular weight excluding hydrogens is 220 g/mol. The third-order valence-electron chi connectivity index (χ3n) is 1.96. The van der Waals surface area contributed by atoms with Crippen LogP contribution in [0.4, 0.5) is 0 Å². The van der Waals surface area contributed by atoms with Gasteiger partial charge in [0.1, 0.15) is 0 Å². The van der Waals surface area contributed by atoms with Crippen LogP contribution in [0.2, 0.25) is 11.6 Å². The van der Waals surface area contributed by atoms with Crippen molar-refractivity contribution in [3.63, 3.8) is 0 Å². The highest BCUT2D eigenvalue weighted by Gasteiger charge is 2.06. The molecule has 15 heavy (non-hydrogen) atoms. The maximum absolute atomic E-state index is 5.12. The van der Waals surface area contributed by atoms with Gasteiger partial charge in [-0.05, 0) is 6.04 Å². The summed E-state index contributed by atoms with van der Waals surface area (Å²) in [6.45, 7) is 10.3. The molecule has 0 aliphatic carbocycles. The normalized spacial score (nSPS) is 10.9. The van der Waals surface area contributed by atoms with Crippen LogP contribution in [0, 0.1) is 0 Å². The first-order chi connectivity index (χ1) is 7.12. The van der Waals surface area contributed by atoms with Gasteiger partial charge in [0.25, 0.3) is 0 Å². The average molecular weight is 249 g/mol. The Morgan fingerprint density at radius 3 is 2.07 bits per heavy atom. The van der Waals surface area contributed by atoms with Crippen LogP contribution in [0.1, 0.15) is 33.6 Å². The molecule has 0 atom stereocenters. The van der Waals surface area contributed by atoms with E-state index in [-0.39, 0.29) is 9.52 Å². The van der Waals surface area contributed by atoms with E-state index < -0.39 is 9.28 Å². The Bertz CT molecular complexity index is 126. The molecule has 0 spiro atoms. The number of hydrogen-bond donors (Lipinski definition) is 0. The molecule has 0 aliphatic rings. The van der Waals surface area contributed by atoms with Crippen molar-refractivity contribution in [2.24, 2.45) is 0 Å². The first kappa shape index (κ1) is 17.5. The second-order valence-electron chi connectivity index (χ2n) is 3.96. The van der Waals surface area contributed by atoms with Gasteiger partial charge in [-0.25, -0.2) is 0 Å². The highest BCUT2D eigenvalue weighted by Crippen LogP contribution is 2.01. The van der Waals surface area contributed by atoms with Crippen molar-refractivity contribution in [1.82, 2.24) is 0 Å². The summed E-state index contributed by atoms with van der Waals surface area (Å²) in [7, 11) is 2.37. The molecule has 4 heteroatoms. The first-order valence-electron chi connectivity index (χ1n) is 5.78. The van der Waals surface area contributed by atoms with Gasteiger partial charge in [-0.3, -0.25) is 0 Å². The third kappa shape index (κ3) is 16.7. The van der Waals surface area contributed by atoms with Crippen molar-refractivity contribution in [2.45, 2.75) is 45.2 Å². The fourth-order valence-electron chi connectivity index (χ4n) is 1.04. The van der Waals surface area contributed by atoms with Gasteiger partial charge in [-0.1, -0.05) is 39.2 Å². The fraction of sp³-hybridized carbons (Fsp3) is 0.818. The van der Waals surface area contributed by atoms with E-state index in [0.717, 1.165) is 11.6 Å². The molecule has 0 aliphatic heterocycles. The highest BCUT2D eigenvalue weighted by atomic mass is 28.3. The van der Waals surface area contributed by atoms with E-state index >= 15 is 0 Å². The smallest absolute Gasteiger partial charge is 0.320 e. The predicted octanol–water partition coefficient (Wildman–Crippen LogP) is 2.43. The third-order valence-corrected chi connectivity index (χ3v) is 5.16. The lowest BCUT2D eigenvalue weighted by molar-refractivity contribution is 0.276. The predicted molar refractivity (Wildman–Crippen MR) is 74.7 cm³/mol. The van der Waals surface area contributed by atoms with Gasteiger partial charge in [0.05, 0.1) is 0 Å². The summed E-state index contributed by atoms with van der Waals surface area (Å²) >= 11 is 0. The summed E-state index contributed by atoms with van der Waals surface area (Å²) in [4.78, 5) is 0. The molecule has 0 heterocycles. The lowest BCUT2D eigenvalue weighted by Crippen LogP contribution is -2.18. The largest absolute Gasteiger partial charge is 0.400 e. The molecular formula is C11H28O2Si2. The Hall–Kier alpha value is 0.0938. The molecule has 0 rings (SSSR count). The molecule has 2 nitrogen and oxygen atoms in total. The second-order valence-corrected chi connectivity index (χ2v) is 9.02. The van der Waals surface area contributed by atoms with Gasteiger partial charge < -0.3 is 8.85 Å². The first-order valence-corrected chi connectivity index (χ1v) is 9.18. The van der Waals surface area contributed by atoms with E-state index in [4.69, 9.17) is 8.85 Å². The number of unbranched alkanes of at least 4 members (excludes halogenated alkanes) is 1. The molecule has 92 valence electrons. The standard InChI is InChI=1S/C6H16O2Si.C5H12Si/c1-4-5-6-9(7-2)8-3;1-4-6-5(2)3/h9H,4-6H2,1-3H3;4-5H,1,6H2,2-3H3. The van der Waals surface area contributed by atoms with E-state index in [1.165, 1.54) is 12.8 Å². The van der Waals surface area contributed by atoms with Crippen LogP contribution < -0.4 is 0 Å². The second kappa shape index (κ2) is 14.1. The van der Waals surface area contributed by atoms with Crippen molar-refractivity contribution in [3.05, 3.63) is 12.3 Å². The molecule has 0 fully saturated rings. The van der Waals surface area contributed by atoms with Crippen LogP contribution in [-0.4, -0.2) is 33.0 Å². The maximum atomic E-state index is 5.12.